The fourth-order valence-corrected chi connectivity index (χ4v) is 1.40. The topological polar surface area (TPSA) is 82.3 Å². The highest BCUT2D eigenvalue weighted by Crippen LogP contribution is 2.14. The maximum Gasteiger partial charge on any atom is 0.218 e. The quantitative estimate of drug-likeness (QED) is 0.725. The van der Waals surface area contributed by atoms with Gasteiger partial charge < -0.3 is 20.5 Å². The maximum atomic E-state index is 5.37. The normalized spacial score (nSPS) is 12.2. The molecule has 96 valence electrons. The lowest BCUT2D eigenvalue weighted by atomic mass is 10.3. The van der Waals surface area contributed by atoms with Gasteiger partial charge in [0.2, 0.25) is 5.88 Å². The van der Waals surface area contributed by atoms with Gasteiger partial charge in [-0.3, -0.25) is 0 Å². The van der Waals surface area contributed by atoms with Crippen LogP contribution in [0.3, 0.4) is 0 Å². The van der Waals surface area contributed by atoms with Crippen molar-refractivity contribution < 1.29 is 9.47 Å². The Labute approximate surface area is 102 Å². The number of hydrogen-bond donors (Lipinski definition) is 2. The van der Waals surface area contributed by atoms with Crippen LogP contribution < -0.4 is 15.8 Å². The van der Waals surface area contributed by atoms with E-state index in [0.29, 0.717) is 31.5 Å². The van der Waals surface area contributed by atoms with Crippen molar-refractivity contribution in [2.45, 2.75) is 19.9 Å². The minimum absolute atomic E-state index is 0.177. The lowest BCUT2D eigenvalue weighted by Crippen LogP contribution is -2.22. The first-order chi connectivity index (χ1) is 8.15. The van der Waals surface area contributed by atoms with Crippen LogP contribution in [0, 0.1) is 6.92 Å². The van der Waals surface area contributed by atoms with Gasteiger partial charge in [-0.15, -0.1) is 0 Å². The number of nitrogens with zero attached hydrogens (tertiary/aromatic N) is 2. The van der Waals surface area contributed by atoms with Crippen LogP contribution in [0.1, 0.15) is 12.7 Å². The van der Waals surface area contributed by atoms with Gasteiger partial charge in [0.15, 0.2) is 0 Å². The summed E-state index contributed by atoms with van der Waals surface area (Å²) in [4.78, 5) is 8.44. The largest absolute Gasteiger partial charge is 0.476 e. The Balaban J connectivity index is 2.67. The molecule has 0 radical (unpaired) electrons. The van der Waals surface area contributed by atoms with Crippen molar-refractivity contribution in [1.82, 2.24) is 9.97 Å². The van der Waals surface area contributed by atoms with Crippen LogP contribution in [-0.2, 0) is 4.74 Å². The molecular formula is C11H20N4O2. The smallest absolute Gasteiger partial charge is 0.218 e. The molecular weight excluding hydrogens is 220 g/mol. The summed E-state index contributed by atoms with van der Waals surface area (Å²) in [6.07, 6.45) is 0. The second-order valence-corrected chi connectivity index (χ2v) is 3.78. The Morgan fingerprint density at radius 2 is 2.24 bits per heavy atom. The molecule has 1 heterocycles. The van der Waals surface area contributed by atoms with Crippen molar-refractivity contribution in [1.29, 1.82) is 0 Å². The van der Waals surface area contributed by atoms with E-state index in [1.54, 1.807) is 13.2 Å². The van der Waals surface area contributed by atoms with Gasteiger partial charge in [0.1, 0.15) is 18.2 Å². The molecule has 0 aliphatic carbocycles. The zero-order valence-electron chi connectivity index (χ0n) is 10.6. The van der Waals surface area contributed by atoms with E-state index < -0.39 is 0 Å². The van der Waals surface area contributed by atoms with Gasteiger partial charge in [0, 0.05) is 25.8 Å². The average molecular weight is 240 g/mol. The number of nitrogens with two attached hydrogens (primary N) is 1. The summed E-state index contributed by atoms with van der Waals surface area (Å²) in [5.74, 6) is 1.93. The van der Waals surface area contributed by atoms with Gasteiger partial charge in [0.25, 0.3) is 0 Å². The summed E-state index contributed by atoms with van der Waals surface area (Å²) in [6.45, 7) is 5.36. The van der Waals surface area contributed by atoms with Crippen LogP contribution in [0.5, 0.6) is 5.88 Å². The molecule has 0 amide bonds. The van der Waals surface area contributed by atoms with Crippen LogP contribution in [-0.4, -0.2) is 42.9 Å². The number of aryl methyl sites for hydroxylation is 1. The number of anilines is 1. The summed E-state index contributed by atoms with van der Waals surface area (Å²) in [7, 11) is 1.67. The predicted molar refractivity (Wildman–Crippen MR) is 66.3 cm³/mol. The van der Waals surface area contributed by atoms with Gasteiger partial charge in [-0.25, -0.2) is 4.98 Å². The van der Waals surface area contributed by atoms with Gasteiger partial charge in [-0.2, -0.15) is 4.98 Å². The SMILES string of the molecule is COCC(C)Nc1cc(OCCN)nc(C)n1. The van der Waals surface area contributed by atoms with Crippen LogP contribution in [0.2, 0.25) is 0 Å². The zero-order valence-corrected chi connectivity index (χ0v) is 10.6. The van der Waals surface area contributed by atoms with E-state index >= 15 is 0 Å². The summed E-state index contributed by atoms with van der Waals surface area (Å²) in [5, 5.41) is 3.21. The second-order valence-electron chi connectivity index (χ2n) is 3.78. The number of aromatic nitrogens is 2. The fraction of sp³-hybridized carbons (Fsp3) is 0.636. The Bertz CT molecular complexity index is 346. The molecule has 1 unspecified atom stereocenters. The highest BCUT2D eigenvalue weighted by molar-refractivity contribution is 5.39. The van der Waals surface area contributed by atoms with E-state index in [0.717, 1.165) is 5.82 Å². The Kier molecular flexibility index (Phi) is 5.65. The van der Waals surface area contributed by atoms with Gasteiger partial charge in [0.05, 0.1) is 6.61 Å². The number of rotatable bonds is 7. The van der Waals surface area contributed by atoms with E-state index in [4.69, 9.17) is 15.2 Å². The molecule has 6 nitrogen and oxygen atoms in total. The molecule has 1 atom stereocenters. The average Bonchev–Trinajstić information content (AvgIpc) is 2.25. The molecule has 0 fully saturated rings. The summed E-state index contributed by atoms with van der Waals surface area (Å²) < 4.78 is 10.4. The van der Waals surface area contributed by atoms with Crippen molar-refractivity contribution in [2.75, 3.05) is 32.2 Å². The molecule has 6 heteroatoms. The van der Waals surface area contributed by atoms with Crippen LogP contribution in [0.25, 0.3) is 0 Å². The van der Waals surface area contributed by atoms with Crippen molar-refractivity contribution in [3.05, 3.63) is 11.9 Å². The molecule has 0 spiro atoms. The van der Waals surface area contributed by atoms with Crippen LogP contribution in [0.4, 0.5) is 5.82 Å². The first kappa shape index (κ1) is 13.7. The summed E-state index contributed by atoms with van der Waals surface area (Å²) >= 11 is 0. The Morgan fingerprint density at radius 3 is 2.88 bits per heavy atom. The Hall–Kier alpha value is -1.40. The van der Waals surface area contributed by atoms with Crippen molar-refractivity contribution in [2.24, 2.45) is 5.73 Å². The fourth-order valence-electron chi connectivity index (χ4n) is 1.40. The van der Waals surface area contributed by atoms with E-state index in [9.17, 15) is 0 Å². The lowest BCUT2D eigenvalue weighted by molar-refractivity contribution is 0.190. The van der Waals surface area contributed by atoms with Crippen molar-refractivity contribution >= 4 is 5.82 Å². The molecule has 17 heavy (non-hydrogen) atoms. The standard InChI is InChI=1S/C11H20N4O2/c1-8(7-16-3)13-10-6-11(17-5-4-12)15-9(2)14-10/h6,8H,4-5,7,12H2,1-3H3,(H,13,14,15). The molecule has 0 bridgehead atoms. The van der Waals surface area contributed by atoms with E-state index in [1.807, 2.05) is 13.8 Å². The third-order valence-corrected chi connectivity index (χ3v) is 1.99. The van der Waals surface area contributed by atoms with Crippen LogP contribution in [0.15, 0.2) is 6.07 Å². The van der Waals surface area contributed by atoms with E-state index in [-0.39, 0.29) is 6.04 Å². The van der Waals surface area contributed by atoms with Crippen LogP contribution >= 0.6 is 0 Å². The number of hydrogen-bond acceptors (Lipinski definition) is 6. The van der Waals surface area contributed by atoms with E-state index in [2.05, 4.69) is 15.3 Å². The van der Waals surface area contributed by atoms with Gasteiger partial charge >= 0.3 is 0 Å². The minimum Gasteiger partial charge on any atom is -0.476 e. The highest BCUT2D eigenvalue weighted by Gasteiger charge is 2.06. The number of ether oxygens (including phenoxy) is 2. The molecule has 0 saturated carbocycles. The zero-order chi connectivity index (χ0) is 12.7. The molecule has 1 aromatic rings. The van der Waals surface area contributed by atoms with Gasteiger partial charge in [-0.1, -0.05) is 0 Å². The summed E-state index contributed by atoms with van der Waals surface area (Å²) in [6, 6.07) is 1.94. The summed E-state index contributed by atoms with van der Waals surface area (Å²) in [5.41, 5.74) is 5.37. The first-order valence-corrected chi connectivity index (χ1v) is 5.59. The molecule has 3 N–H and O–H groups in total. The molecule has 1 aromatic heterocycles. The Morgan fingerprint density at radius 1 is 1.47 bits per heavy atom. The first-order valence-electron chi connectivity index (χ1n) is 5.59. The predicted octanol–water partition coefficient (Wildman–Crippen LogP) is 0.569. The third-order valence-electron chi connectivity index (χ3n) is 1.99. The monoisotopic (exact) mass is 240 g/mol. The molecule has 0 saturated heterocycles. The molecule has 1 rings (SSSR count). The molecule has 0 aliphatic rings. The highest BCUT2D eigenvalue weighted by atomic mass is 16.5. The van der Waals surface area contributed by atoms with E-state index in [1.165, 1.54) is 0 Å². The minimum atomic E-state index is 0.177. The lowest BCUT2D eigenvalue weighted by Gasteiger charge is -2.14. The number of methoxy groups -OCH3 is 1. The van der Waals surface area contributed by atoms with Crippen molar-refractivity contribution in [3.63, 3.8) is 0 Å². The number of nitrogens with one attached hydrogen (secondary N) is 1. The maximum absolute atomic E-state index is 5.37. The van der Waals surface area contributed by atoms with Crippen molar-refractivity contribution in [3.8, 4) is 5.88 Å². The molecule has 0 aromatic carbocycles. The third kappa shape index (κ3) is 4.97. The second kappa shape index (κ2) is 7.03. The molecule has 0 aliphatic heterocycles. The van der Waals surface area contributed by atoms with Gasteiger partial charge in [-0.05, 0) is 13.8 Å².